The van der Waals surface area contributed by atoms with Crippen molar-refractivity contribution in [1.82, 2.24) is 19.9 Å². The number of pyridine rings is 1. The van der Waals surface area contributed by atoms with E-state index >= 15 is 0 Å². The minimum Gasteiger partial charge on any atom is -0.374 e. The Morgan fingerprint density at radius 2 is 2.12 bits per heavy atom. The average Bonchev–Trinajstić information content (AvgIpc) is 3.09. The van der Waals surface area contributed by atoms with Crippen LogP contribution in [-0.2, 0) is 17.6 Å². The molecule has 0 bridgehead atoms. The van der Waals surface area contributed by atoms with E-state index in [-0.39, 0.29) is 6.10 Å². The third-order valence-electron chi connectivity index (χ3n) is 4.71. The molecule has 0 amide bonds. The summed E-state index contributed by atoms with van der Waals surface area (Å²) < 4.78 is 5.85. The molecule has 1 fully saturated rings. The summed E-state index contributed by atoms with van der Waals surface area (Å²) in [6.45, 7) is 3.54. The number of nitrogens with zero attached hydrogens (tertiary/aromatic N) is 4. The maximum atomic E-state index is 5.85. The van der Waals surface area contributed by atoms with Crippen LogP contribution >= 0.6 is 0 Å². The molecule has 1 aliphatic carbocycles. The Labute approximate surface area is 142 Å². The van der Waals surface area contributed by atoms with Crippen molar-refractivity contribution in [2.45, 2.75) is 25.4 Å². The zero-order valence-electron chi connectivity index (χ0n) is 14.0. The number of aryl methyl sites for hydroxylation is 1. The van der Waals surface area contributed by atoms with Gasteiger partial charge < -0.3 is 15.0 Å². The van der Waals surface area contributed by atoms with Crippen LogP contribution in [0.4, 0.5) is 5.82 Å². The van der Waals surface area contributed by atoms with Gasteiger partial charge in [-0.2, -0.15) is 0 Å². The molecule has 2 aromatic heterocycles. The Balaban J connectivity index is 1.56. The Hall–Kier alpha value is -2.05. The van der Waals surface area contributed by atoms with Crippen LogP contribution in [0.25, 0.3) is 11.4 Å². The number of fused-ring (bicyclic) bond motifs is 1. The predicted molar refractivity (Wildman–Crippen MR) is 93.0 cm³/mol. The van der Waals surface area contributed by atoms with Crippen LogP contribution in [0.5, 0.6) is 0 Å². The fourth-order valence-electron chi connectivity index (χ4n) is 3.41. The lowest BCUT2D eigenvalue weighted by Crippen LogP contribution is -2.43. The van der Waals surface area contributed by atoms with Crippen LogP contribution in [0.3, 0.4) is 0 Å². The number of likely N-dealkylation sites (N-methyl/N-ethyl adjacent to an activating group) is 1. The first-order valence-electron chi connectivity index (χ1n) is 8.64. The molecule has 1 N–H and O–H groups in total. The normalized spacial score (nSPS) is 20.8. The highest BCUT2D eigenvalue weighted by Gasteiger charge is 2.22. The fraction of sp³-hybridized carbons (Fsp3) is 0.500. The first-order valence-corrected chi connectivity index (χ1v) is 8.64. The maximum Gasteiger partial charge on any atom is 0.161 e. The number of ether oxygens (including phenoxy) is 1. The molecule has 4 rings (SSSR count). The van der Waals surface area contributed by atoms with Gasteiger partial charge in [-0.3, -0.25) is 4.98 Å². The lowest BCUT2D eigenvalue weighted by Gasteiger charge is -2.30. The van der Waals surface area contributed by atoms with E-state index in [1.807, 2.05) is 12.1 Å². The van der Waals surface area contributed by atoms with Crippen LogP contribution in [0.1, 0.15) is 17.7 Å². The van der Waals surface area contributed by atoms with Gasteiger partial charge in [0.05, 0.1) is 12.7 Å². The van der Waals surface area contributed by atoms with E-state index in [1.165, 1.54) is 11.3 Å². The Bertz CT molecular complexity index is 706. The van der Waals surface area contributed by atoms with Gasteiger partial charge in [0.25, 0.3) is 0 Å². The van der Waals surface area contributed by atoms with E-state index in [0.29, 0.717) is 0 Å². The largest absolute Gasteiger partial charge is 0.374 e. The van der Waals surface area contributed by atoms with Gasteiger partial charge in [-0.1, -0.05) is 0 Å². The van der Waals surface area contributed by atoms with Gasteiger partial charge in [0.2, 0.25) is 0 Å². The second kappa shape index (κ2) is 6.83. The molecule has 1 aliphatic heterocycles. The highest BCUT2D eigenvalue weighted by Crippen LogP contribution is 2.29. The van der Waals surface area contributed by atoms with Crippen LogP contribution in [0.15, 0.2) is 24.5 Å². The Morgan fingerprint density at radius 3 is 2.96 bits per heavy atom. The van der Waals surface area contributed by atoms with Gasteiger partial charge in [-0.05, 0) is 38.4 Å². The molecule has 2 aliphatic rings. The van der Waals surface area contributed by atoms with Gasteiger partial charge in [-0.25, -0.2) is 9.97 Å². The molecule has 1 atom stereocenters. The Kier molecular flexibility index (Phi) is 4.40. The molecule has 0 aromatic carbocycles. The minimum atomic E-state index is 0.208. The average molecular weight is 325 g/mol. The second-order valence-corrected chi connectivity index (χ2v) is 6.55. The van der Waals surface area contributed by atoms with Crippen LogP contribution < -0.4 is 5.32 Å². The SMILES string of the molecule is CN1CCO[C@@H](CNc2nc(-c3ccncc3)nc3c2CCC3)C1. The monoisotopic (exact) mass is 325 g/mol. The lowest BCUT2D eigenvalue weighted by molar-refractivity contribution is -0.0117. The van der Waals surface area contributed by atoms with Crippen LogP contribution in [0.2, 0.25) is 0 Å². The van der Waals surface area contributed by atoms with Crippen molar-refractivity contribution >= 4 is 5.82 Å². The predicted octanol–water partition coefficient (Wildman–Crippen LogP) is 1.77. The molecule has 6 nitrogen and oxygen atoms in total. The van der Waals surface area contributed by atoms with E-state index < -0.39 is 0 Å². The summed E-state index contributed by atoms with van der Waals surface area (Å²) in [5.41, 5.74) is 3.47. The molecule has 0 saturated carbocycles. The summed E-state index contributed by atoms with van der Waals surface area (Å²) in [5, 5.41) is 3.53. The van der Waals surface area contributed by atoms with Crippen molar-refractivity contribution < 1.29 is 4.74 Å². The van der Waals surface area contributed by atoms with E-state index in [1.54, 1.807) is 12.4 Å². The first kappa shape index (κ1) is 15.5. The maximum absolute atomic E-state index is 5.85. The number of hydrogen-bond acceptors (Lipinski definition) is 6. The lowest BCUT2D eigenvalue weighted by atomic mass is 10.2. The summed E-state index contributed by atoms with van der Waals surface area (Å²) in [6, 6.07) is 3.92. The summed E-state index contributed by atoms with van der Waals surface area (Å²) in [4.78, 5) is 16.0. The fourth-order valence-corrected chi connectivity index (χ4v) is 3.41. The molecule has 2 aromatic rings. The molecular formula is C18H23N5O. The molecule has 6 heteroatoms. The van der Waals surface area contributed by atoms with Gasteiger partial charge in [0.1, 0.15) is 5.82 Å². The van der Waals surface area contributed by atoms with Crippen molar-refractivity contribution in [3.05, 3.63) is 35.8 Å². The summed E-state index contributed by atoms with van der Waals surface area (Å²) in [6.07, 6.45) is 7.02. The molecule has 0 spiro atoms. The van der Waals surface area contributed by atoms with Gasteiger partial charge >= 0.3 is 0 Å². The zero-order chi connectivity index (χ0) is 16.4. The van der Waals surface area contributed by atoms with E-state index in [9.17, 15) is 0 Å². The van der Waals surface area contributed by atoms with Crippen molar-refractivity contribution in [3.63, 3.8) is 0 Å². The van der Waals surface area contributed by atoms with Crippen molar-refractivity contribution in [2.75, 3.05) is 38.6 Å². The highest BCUT2D eigenvalue weighted by molar-refractivity contribution is 5.60. The third-order valence-corrected chi connectivity index (χ3v) is 4.71. The molecule has 1 saturated heterocycles. The topological polar surface area (TPSA) is 63.2 Å². The van der Waals surface area contributed by atoms with Crippen LogP contribution in [0, 0.1) is 0 Å². The minimum absolute atomic E-state index is 0.208. The second-order valence-electron chi connectivity index (χ2n) is 6.55. The molecule has 3 heterocycles. The summed E-state index contributed by atoms with van der Waals surface area (Å²) in [5.74, 6) is 1.75. The number of anilines is 1. The molecular weight excluding hydrogens is 302 g/mol. The molecule has 0 unspecified atom stereocenters. The molecule has 126 valence electrons. The number of hydrogen-bond donors (Lipinski definition) is 1. The Morgan fingerprint density at radius 1 is 1.25 bits per heavy atom. The van der Waals surface area contributed by atoms with E-state index in [4.69, 9.17) is 14.7 Å². The number of aromatic nitrogens is 3. The quantitative estimate of drug-likeness (QED) is 0.924. The molecule has 0 radical (unpaired) electrons. The van der Waals surface area contributed by atoms with Gasteiger partial charge in [-0.15, -0.1) is 0 Å². The number of nitrogens with one attached hydrogen (secondary N) is 1. The number of morpholine rings is 1. The van der Waals surface area contributed by atoms with Crippen molar-refractivity contribution in [2.24, 2.45) is 0 Å². The van der Waals surface area contributed by atoms with E-state index in [0.717, 1.165) is 62.7 Å². The number of rotatable bonds is 4. The first-order chi connectivity index (χ1) is 11.8. The van der Waals surface area contributed by atoms with Gasteiger partial charge in [0.15, 0.2) is 5.82 Å². The van der Waals surface area contributed by atoms with Crippen molar-refractivity contribution in [1.29, 1.82) is 0 Å². The standard InChI is InChI=1S/C18H23N5O/c1-23-9-10-24-14(12-23)11-20-18-15-3-2-4-16(15)21-17(22-18)13-5-7-19-8-6-13/h5-8,14H,2-4,9-12H2,1H3,(H,20,21,22)/t14-/m0/s1. The summed E-state index contributed by atoms with van der Waals surface area (Å²) >= 11 is 0. The zero-order valence-corrected chi connectivity index (χ0v) is 14.0. The highest BCUT2D eigenvalue weighted by atomic mass is 16.5. The third kappa shape index (κ3) is 3.25. The van der Waals surface area contributed by atoms with E-state index in [2.05, 4.69) is 22.2 Å². The van der Waals surface area contributed by atoms with Gasteiger partial charge in [0, 0.05) is 48.8 Å². The molecule has 24 heavy (non-hydrogen) atoms. The summed E-state index contributed by atoms with van der Waals surface area (Å²) in [7, 11) is 2.14. The smallest absolute Gasteiger partial charge is 0.161 e. The van der Waals surface area contributed by atoms with Crippen molar-refractivity contribution in [3.8, 4) is 11.4 Å². The van der Waals surface area contributed by atoms with Crippen LogP contribution in [-0.4, -0.2) is 59.2 Å².